The number of rotatable bonds is 1. The van der Waals surface area contributed by atoms with Gasteiger partial charge in [0.2, 0.25) is 15.6 Å². The Bertz CT molecular complexity index is 511. The Labute approximate surface area is 74.3 Å². The Morgan fingerprint density at radius 2 is 2.23 bits per heavy atom. The lowest BCUT2D eigenvalue weighted by atomic mass is 10.5. The van der Waals surface area contributed by atoms with Crippen LogP contribution in [0.2, 0.25) is 0 Å². The first kappa shape index (κ1) is 8.18. The first-order valence-corrected chi connectivity index (χ1v) is 5.38. The van der Waals surface area contributed by atoms with Gasteiger partial charge in [-0.1, -0.05) is 0 Å². The predicted molar refractivity (Wildman–Crippen MR) is 44.9 cm³/mol. The molecule has 0 aliphatic heterocycles. The van der Waals surface area contributed by atoms with Crippen LogP contribution in [0.25, 0.3) is 11.2 Å². The molecule has 6 heteroatoms. The van der Waals surface area contributed by atoms with Gasteiger partial charge in [0.05, 0.1) is 0 Å². The molecule has 0 aromatic carbocycles. The van der Waals surface area contributed by atoms with Gasteiger partial charge in [-0.2, -0.15) is 4.98 Å². The minimum Gasteiger partial charge on any atom is -0.409 e. The van der Waals surface area contributed by atoms with Gasteiger partial charge in [-0.25, -0.2) is 13.4 Å². The summed E-state index contributed by atoms with van der Waals surface area (Å²) in [5, 5.41) is -0.291. The quantitative estimate of drug-likeness (QED) is 0.671. The average molecular weight is 198 g/mol. The minimum atomic E-state index is -3.38. The lowest BCUT2D eigenvalue weighted by Crippen LogP contribution is -1.96. The zero-order valence-corrected chi connectivity index (χ0v) is 7.58. The molecule has 2 aromatic rings. The Morgan fingerprint density at radius 1 is 1.46 bits per heavy atom. The van der Waals surface area contributed by atoms with Gasteiger partial charge in [0, 0.05) is 12.5 Å². The molecule has 2 rings (SSSR count). The SMILES string of the molecule is CS(=O)(=O)c1nc2cccnc2o1. The van der Waals surface area contributed by atoms with Crippen molar-refractivity contribution in [1.29, 1.82) is 0 Å². The largest absolute Gasteiger partial charge is 0.409 e. The zero-order chi connectivity index (χ0) is 9.47. The average Bonchev–Trinajstić information content (AvgIpc) is 2.45. The van der Waals surface area contributed by atoms with E-state index in [1.54, 1.807) is 12.1 Å². The molecule has 0 aliphatic carbocycles. The molecule has 0 aliphatic rings. The van der Waals surface area contributed by atoms with E-state index in [9.17, 15) is 8.42 Å². The molecule has 2 heterocycles. The van der Waals surface area contributed by atoms with Crippen LogP contribution in [0.4, 0.5) is 0 Å². The van der Waals surface area contributed by atoms with Crippen molar-refractivity contribution in [3.63, 3.8) is 0 Å². The molecule has 0 fully saturated rings. The summed E-state index contributed by atoms with van der Waals surface area (Å²) in [4.78, 5) is 7.59. The van der Waals surface area contributed by atoms with Crippen molar-refractivity contribution >= 4 is 21.1 Å². The van der Waals surface area contributed by atoms with E-state index in [0.717, 1.165) is 6.26 Å². The van der Waals surface area contributed by atoms with Crippen LogP contribution in [0.3, 0.4) is 0 Å². The van der Waals surface area contributed by atoms with E-state index in [-0.39, 0.29) is 10.9 Å². The van der Waals surface area contributed by atoms with Crippen LogP contribution < -0.4 is 0 Å². The van der Waals surface area contributed by atoms with Crippen LogP contribution in [-0.2, 0) is 9.84 Å². The fourth-order valence-corrected chi connectivity index (χ4v) is 1.40. The van der Waals surface area contributed by atoms with Crippen LogP contribution >= 0.6 is 0 Å². The Balaban J connectivity index is 2.77. The van der Waals surface area contributed by atoms with Gasteiger partial charge in [-0.15, -0.1) is 0 Å². The van der Waals surface area contributed by atoms with Crippen molar-refractivity contribution in [2.24, 2.45) is 0 Å². The molecule has 5 nitrogen and oxygen atoms in total. The number of sulfone groups is 1. The predicted octanol–water partition coefficient (Wildman–Crippen LogP) is 0.626. The van der Waals surface area contributed by atoms with E-state index in [1.807, 2.05) is 0 Å². The van der Waals surface area contributed by atoms with Gasteiger partial charge < -0.3 is 4.42 Å². The van der Waals surface area contributed by atoms with Crippen LogP contribution in [0, 0.1) is 0 Å². The second kappa shape index (κ2) is 2.53. The van der Waals surface area contributed by atoms with E-state index in [0.29, 0.717) is 5.52 Å². The van der Waals surface area contributed by atoms with Crippen molar-refractivity contribution in [2.45, 2.75) is 5.22 Å². The van der Waals surface area contributed by atoms with Gasteiger partial charge in [-0.3, -0.25) is 0 Å². The van der Waals surface area contributed by atoms with Crippen molar-refractivity contribution in [1.82, 2.24) is 9.97 Å². The number of aromatic nitrogens is 2. The van der Waals surface area contributed by atoms with Crippen molar-refractivity contribution in [3.05, 3.63) is 18.3 Å². The zero-order valence-electron chi connectivity index (χ0n) is 6.76. The van der Waals surface area contributed by atoms with Crippen molar-refractivity contribution < 1.29 is 12.8 Å². The Morgan fingerprint density at radius 3 is 2.85 bits per heavy atom. The number of fused-ring (bicyclic) bond motifs is 1. The van der Waals surface area contributed by atoms with Crippen molar-refractivity contribution in [3.8, 4) is 0 Å². The summed E-state index contributed by atoms with van der Waals surface area (Å²) < 4.78 is 27.0. The smallest absolute Gasteiger partial charge is 0.317 e. The van der Waals surface area contributed by atoms with E-state index >= 15 is 0 Å². The molecule has 0 amide bonds. The summed E-state index contributed by atoms with van der Waals surface area (Å²) in [6, 6.07) is 3.30. The molecule has 68 valence electrons. The third kappa shape index (κ3) is 1.40. The summed E-state index contributed by atoms with van der Waals surface area (Å²) in [5.74, 6) is 0. The molecule has 2 aromatic heterocycles. The second-order valence-corrected chi connectivity index (χ2v) is 4.47. The normalized spacial score (nSPS) is 12.1. The molecule has 0 bridgehead atoms. The highest BCUT2D eigenvalue weighted by atomic mass is 32.2. The summed E-state index contributed by atoms with van der Waals surface area (Å²) in [6.07, 6.45) is 2.55. The molecular formula is C7H6N2O3S. The molecule has 0 N–H and O–H groups in total. The fourth-order valence-electron chi connectivity index (χ4n) is 0.909. The molecule has 0 atom stereocenters. The number of oxazole rings is 1. The maximum Gasteiger partial charge on any atom is 0.317 e. The topological polar surface area (TPSA) is 73.1 Å². The summed E-state index contributed by atoms with van der Waals surface area (Å²) in [6.45, 7) is 0. The highest BCUT2D eigenvalue weighted by molar-refractivity contribution is 7.90. The lowest BCUT2D eigenvalue weighted by molar-refractivity contribution is 0.454. The minimum absolute atomic E-state index is 0.239. The molecule has 0 saturated heterocycles. The third-order valence-electron chi connectivity index (χ3n) is 1.46. The molecule has 0 radical (unpaired) electrons. The third-order valence-corrected chi connectivity index (χ3v) is 2.27. The van der Waals surface area contributed by atoms with Gasteiger partial charge >= 0.3 is 5.22 Å². The number of pyridine rings is 1. The van der Waals surface area contributed by atoms with Crippen LogP contribution in [0.5, 0.6) is 0 Å². The van der Waals surface area contributed by atoms with E-state index in [1.165, 1.54) is 6.20 Å². The Kier molecular flexibility index (Phi) is 1.59. The van der Waals surface area contributed by atoms with Crippen LogP contribution in [0.1, 0.15) is 0 Å². The molecule has 13 heavy (non-hydrogen) atoms. The molecular weight excluding hydrogens is 192 g/mol. The second-order valence-electron chi connectivity index (χ2n) is 2.58. The maximum absolute atomic E-state index is 11.0. The molecule has 0 saturated carbocycles. The molecule has 0 spiro atoms. The number of nitrogens with zero attached hydrogens (tertiary/aromatic N) is 2. The standard InChI is InChI=1S/C7H6N2O3S/c1-13(10,11)7-9-5-3-2-4-8-6(5)12-7/h2-4H,1H3. The van der Waals surface area contributed by atoms with Gasteiger partial charge in [0.15, 0.2) is 0 Å². The molecule has 0 unspecified atom stereocenters. The summed E-state index contributed by atoms with van der Waals surface area (Å²) >= 11 is 0. The monoisotopic (exact) mass is 198 g/mol. The first-order chi connectivity index (χ1) is 6.07. The maximum atomic E-state index is 11.0. The number of hydrogen-bond donors (Lipinski definition) is 0. The highest BCUT2D eigenvalue weighted by Gasteiger charge is 2.15. The first-order valence-electron chi connectivity index (χ1n) is 3.49. The van der Waals surface area contributed by atoms with Gasteiger partial charge in [-0.05, 0) is 12.1 Å². The van der Waals surface area contributed by atoms with Gasteiger partial charge in [0.1, 0.15) is 5.52 Å². The van der Waals surface area contributed by atoms with Crippen LogP contribution in [-0.4, -0.2) is 24.6 Å². The highest BCUT2D eigenvalue weighted by Crippen LogP contribution is 2.15. The van der Waals surface area contributed by atoms with Gasteiger partial charge in [0.25, 0.3) is 0 Å². The van der Waals surface area contributed by atoms with E-state index < -0.39 is 9.84 Å². The fraction of sp³-hybridized carbons (Fsp3) is 0.143. The van der Waals surface area contributed by atoms with Crippen LogP contribution in [0.15, 0.2) is 28.0 Å². The summed E-state index contributed by atoms with van der Waals surface area (Å²) in [7, 11) is -3.38. The van der Waals surface area contributed by atoms with Crippen molar-refractivity contribution in [2.75, 3.05) is 6.26 Å². The van der Waals surface area contributed by atoms with E-state index in [4.69, 9.17) is 4.42 Å². The summed E-state index contributed by atoms with van der Waals surface area (Å²) in [5.41, 5.74) is 0.686. The Hall–Kier alpha value is -1.43. The lowest BCUT2D eigenvalue weighted by Gasteiger charge is -1.84. The number of hydrogen-bond acceptors (Lipinski definition) is 5. The van der Waals surface area contributed by atoms with E-state index in [2.05, 4.69) is 9.97 Å².